The Kier molecular flexibility index (Phi) is 25.3. The van der Waals surface area contributed by atoms with E-state index in [9.17, 15) is 9.79 Å². The largest absolute Gasteiger partial charge is 1.00 e. The lowest BCUT2D eigenvalue weighted by Gasteiger charge is -2.16. The lowest BCUT2D eigenvalue weighted by molar-refractivity contribution is -0.00000696. The molecule has 0 aliphatic rings. The van der Waals surface area contributed by atoms with Crippen LogP contribution in [-0.4, -0.2) is 22.6 Å². The first-order valence-electron chi connectivity index (χ1n) is 5.80. The van der Waals surface area contributed by atoms with Gasteiger partial charge in [-0.15, -0.1) is 24.0 Å². The Morgan fingerprint density at radius 3 is 1.94 bits per heavy atom. The minimum Gasteiger partial charge on any atom is -1.00 e. The molecule has 1 atom stereocenters. The minimum atomic E-state index is -2.54. The maximum atomic E-state index is 9.39. The Balaban J connectivity index is -0.000000282. The van der Waals surface area contributed by atoms with Crippen molar-refractivity contribution in [1.82, 2.24) is 6.15 Å². The highest BCUT2D eigenvalue weighted by atomic mass is 127. The molecule has 0 heterocycles. The third-order valence-electron chi connectivity index (χ3n) is 2.65. The van der Waals surface area contributed by atoms with E-state index in [1.54, 1.807) is 6.66 Å². The lowest BCUT2D eigenvalue weighted by Crippen LogP contribution is -3.00. The van der Waals surface area contributed by atoms with Gasteiger partial charge in [-0.2, -0.15) is 0 Å². The molecule has 110 valence electrons. The monoisotopic (exact) mass is 493 g/mol. The van der Waals surface area contributed by atoms with E-state index >= 15 is 0 Å². The highest BCUT2D eigenvalue weighted by molar-refractivity contribution is 14.0. The van der Waals surface area contributed by atoms with Crippen molar-refractivity contribution in [2.75, 3.05) is 12.8 Å². The van der Waals surface area contributed by atoms with Crippen molar-refractivity contribution in [2.45, 2.75) is 52.4 Å². The van der Waals surface area contributed by atoms with E-state index in [2.05, 4.69) is 13.8 Å². The van der Waals surface area contributed by atoms with Crippen molar-refractivity contribution in [3.05, 3.63) is 0 Å². The summed E-state index contributed by atoms with van der Waals surface area (Å²) in [6, 6.07) is 0. The third kappa shape index (κ3) is 20.3. The summed E-state index contributed by atoms with van der Waals surface area (Å²) in [5.41, 5.74) is 0. The van der Waals surface area contributed by atoms with Gasteiger partial charge >= 0.3 is 0 Å². The fourth-order valence-electron chi connectivity index (χ4n) is 1.77. The number of halogens is 2. The second kappa shape index (κ2) is 15.8. The second-order valence-corrected chi connectivity index (χ2v) is 6.94. The standard InChI is InChI=1S/C11H26O2P.2HI.H3N/c1-4-6-7-8-9-11(5-2)10-14(3,12)13;;;/h11-13H,4-10H2,1-3H3;2*1H;1H3/q+1;;;/p-1. The Hall–Kier alpha value is 1.77. The zero-order valence-electron chi connectivity index (χ0n) is 11.4. The molecule has 0 rings (SSSR count). The SMILES string of the molecule is CCCCCCC(CC)C[P+](C)(O)O.I.N.[I-]. The van der Waals surface area contributed by atoms with Crippen LogP contribution in [0.2, 0.25) is 0 Å². The fraction of sp³-hybridized carbons (Fsp3) is 1.00. The highest BCUT2D eigenvalue weighted by Crippen LogP contribution is 2.48. The van der Waals surface area contributed by atoms with Gasteiger partial charge in [-0.25, -0.2) is 9.79 Å². The molecule has 0 radical (unpaired) electrons. The second-order valence-electron chi connectivity index (χ2n) is 4.39. The summed E-state index contributed by atoms with van der Waals surface area (Å²) in [5, 5.41) is 0. The maximum absolute atomic E-state index is 9.39. The summed E-state index contributed by atoms with van der Waals surface area (Å²) in [6.07, 6.45) is 7.96. The average Bonchev–Trinajstić information content (AvgIpc) is 2.08. The van der Waals surface area contributed by atoms with Crippen molar-refractivity contribution >= 4 is 31.7 Å². The smallest absolute Gasteiger partial charge is 0.265 e. The van der Waals surface area contributed by atoms with E-state index in [1.807, 2.05) is 0 Å². The van der Waals surface area contributed by atoms with Crippen molar-refractivity contribution in [3.63, 3.8) is 0 Å². The molecule has 17 heavy (non-hydrogen) atoms. The third-order valence-corrected chi connectivity index (χ3v) is 3.86. The molecule has 5 N–H and O–H groups in total. The topological polar surface area (TPSA) is 75.5 Å². The molecule has 1 unspecified atom stereocenters. The van der Waals surface area contributed by atoms with Gasteiger partial charge in [0.1, 0.15) is 12.8 Å². The summed E-state index contributed by atoms with van der Waals surface area (Å²) >= 11 is 0. The van der Waals surface area contributed by atoms with Crippen LogP contribution in [0, 0.1) is 5.92 Å². The molecule has 0 aromatic rings. The molecule has 0 amide bonds. The molecule has 0 bridgehead atoms. The van der Waals surface area contributed by atoms with Gasteiger partial charge in [0, 0.05) is 0 Å². The molecular formula is C11H30I2NO2P. The Morgan fingerprint density at radius 1 is 1.06 bits per heavy atom. The van der Waals surface area contributed by atoms with Crippen LogP contribution in [0.5, 0.6) is 0 Å². The van der Waals surface area contributed by atoms with Gasteiger partial charge in [-0.3, -0.25) is 0 Å². The molecular weight excluding hydrogens is 463 g/mol. The molecule has 3 nitrogen and oxygen atoms in total. The van der Waals surface area contributed by atoms with Crippen molar-refractivity contribution in [3.8, 4) is 0 Å². The zero-order chi connectivity index (χ0) is 11.0. The van der Waals surface area contributed by atoms with Crippen LogP contribution in [-0.2, 0) is 0 Å². The van der Waals surface area contributed by atoms with Crippen molar-refractivity contribution in [2.24, 2.45) is 5.92 Å². The van der Waals surface area contributed by atoms with E-state index in [1.165, 1.54) is 25.7 Å². The summed E-state index contributed by atoms with van der Waals surface area (Å²) in [6.45, 7) is 5.93. The Morgan fingerprint density at radius 2 is 1.59 bits per heavy atom. The van der Waals surface area contributed by atoms with E-state index in [0.717, 1.165) is 12.8 Å². The van der Waals surface area contributed by atoms with Crippen molar-refractivity contribution < 1.29 is 33.8 Å². The number of unbranched alkanes of at least 4 members (excludes halogenated alkanes) is 3. The first kappa shape index (κ1) is 27.2. The van der Waals surface area contributed by atoms with Crippen LogP contribution in [0.1, 0.15) is 52.4 Å². The van der Waals surface area contributed by atoms with Gasteiger partial charge < -0.3 is 30.1 Å². The number of rotatable bonds is 8. The summed E-state index contributed by atoms with van der Waals surface area (Å²) < 4.78 is 0. The molecule has 0 aromatic carbocycles. The minimum absolute atomic E-state index is 0. The predicted octanol–water partition coefficient (Wildman–Crippen LogP) is 1.23. The molecule has 0 fully saturated rings. The van der Waals surface area contributed by atoms with Crippen LogP contribution in [0.4, 0.5) is 0 Å². The van der Waals surface area contributed by atoms with Crippen LogP contribution in [0.3, 0.4) is 0 Å². The van der Waals surface area contributed by atoms with Gasteiger partial charge in [-0.05, 0) is 18.8 Å². The van der Waals surface area contributed by atoms with Gasteiger partial charge in [0.25, 0.3) is 7.72 Å². The molecule has 6 heteroatoms. The molecule has 0 saturated heterocycles. The zero-order valence-corrected chi connectivity index (χ0v) is 16.7. The first-order chi connectivity index (χ1) is 6.49. The van der Waals surface area contributed by atoms with E-state index in [4.69, 9.17) is 0 Å². The van der Waals surface area contributed by atoms with E-state index < -0.39 is 7.72 Å². The van der Waals surface area contributed by atoms with Crippen LogP contribution in [0.15, 0.2) is 0 Å². The average molecular weight is 493 g/mol. The normalized spacial score (nSPS) is 11.8. The summed E-state index contributed by atoms with van der Waals surface area (Å²) in [4.78, 5) is 18.8. The lowest BCUT2D eigenvalue weighted by atomic mass is 10.0. The number of hydrogen-bond donors (Lipinski definition) is 3. The summed E-state index contributed by atoms with van der Waals surface area (Å²) in [7, 11) is -2.54. The molecule has 0 aliphatic carbocycles. The van der Waals surface area contributed by atoms with E-state index in [0.29, 0.717) is 12.1 Å². The Bertz CT molecular complexity index is 146. The maximum Gasteiger partial charge on any atom is 0.265 e. The molecule has 0 aliphatic heterocycles. The van der Waals surface area contributed by atoms with Gasteiger partial charge in [0.05, 0.1) is 0 Å². The number of hydrogen-bond acceptors (Lipinski definition) is 3. The molecule has 0 saturated carbocycles. The quantitative estimate of drug-likeness (QED) is 0.271. The van der Waals surface area contributed by atoms with Crippen LogP contribution < -0.4 is 30.1 Å². The fourth-order valence-corrected chi connectivity index (χ4v) is 3.19. The van der Waals surface area contributed by atoms with Gasteiger partial charge in [0.2, 0.25) is 0 Å². The first-order valence-corrected chi connectivity index (χ1v) is 8.13. The van der Waals surface area contributed by atoms with Crippen LogP contribution in [0.25, 0.3) is 0 Å². The molecule has 0 aromatic heterocycles. The van der Waals surface area contributed by atoms with E-state index in [-0.39, 0.29) is 54.1 Å². The highest BCUT2D eigenvalue weighted by Gasteiger charge is 2.28. The van der Waals surface area contributed by atoms with Crippen LogP contribution >= 0.6 is 31.7 Å². The molecule has 0 spiro atoms. The summed E-state index contributed by atoms with van der Waals surface area (Å²) in [5.74, 6) is 0.514. The Labute approximate surface area is 142 Å². The van der Waals surface area contributed by atoms with Gasteiger partial charge in [0.15, 0.2) is 0 Å². The van der Waals surface area contributed by atoms with Crippen molar-refractivity contribution in [1.29, 1.82) is 0 Å². The predicted molar refractivity (Wildman–Crippen MR) is 85.1 cm³/mol. The van der Waals surface area contributed by atoms with Gasteiger partial charge in [-0.1, -0.05) is 39.5 Å².